The molecule has 0 heterocycles. The van der Waals surface area contributed by atoms with Crippen molar-refractivity contribution in [3.63, 3.8) is 0 Å². The molecule has 0 saturated carbocycles. The first kappa shape index (κ1) is 49.3. The molecule has 276 valence electrons. The minimum absolute atomic E-state index is 0. The van der Waals surface area contributed by atoms with E-state index < -0.39 is 0 Å². The molecule has 51 heavy (non-hydrogen) atoms. The molecule has 4 aromatic carbocycles. The van der Waals surface area contributed by atoms with Crippen molar-refractivity contribution in [3.8, 4) is 11.1 Å². The van der Waals surface area contributed by atoms with Gasteiger partial charge in [0.05, 0.1) is 0 Å². The maximum atomic E-state index is 5.52. The van der Waals surface area contributed by atoms with Gasteiger partial charge in [-0.25, -0.2) is 6.08 Å². The average Bonchev–Trinajstić information content (AvgIpc) is 3.68. The molecule has 0 fully saturated rings. The standard InChI is InChI=1S/C21H25.C12H19.2C6H4Cl.CH2.2ClH.Zr/c1-20(2,3)16-9-7-14-11-15-8-10-17(21(4,5)6)13-19(15)18(14)12-16;1-5-6-10-7-8-11(9-10)12(2,3)4;2*7-6-4-2-1-3-5-6;;;;/h7,9-10,12-13H,11H2,1-6H3;8-10H,5-6H2,1-4H3;2*2-5H;1H2;2*1H;/q4*-1;;;;. The zero-order valence-electron chi connectivity index (χ0n) is 32.1. The zero-order chi connectivity index (χ0) is 36.8. The van der Waals surface area contributed by atoms with Gasteiger partial charge in [-0.3, -0.25) is 6.08 Å². The van der Waals surface area contributed by atoms with E-state index in [-0.39, 0.29) is 35.6 Å². The SMILES string of the molecule is CC(C)(C)c1c[c-]c2c(c1)-c1cc(C(C)(C)C)ccc1C2.CCCC1[C-]=CC(C(C)(C)C)=C1.Cl.Cl.Clc1cc[c-]cc1.Clc1cc[c-]cc1.[CH2]=[Zr]. The number of rotatable bonds is 2. The van der Waals surface area contributed by atoms with Gasteiger partial charge in [-0.15, -0.1) is 53.6 Å². The van der Waals surface area contributed by atoms with Gasteiger partial charge in [0, 0.05) is 0 Å². The zero-order valence-corrected chi connectivity index (χ0v) is 37.7. The van der Waals surface area contributed by atoms with E-state index in [4.69, 9.17) is 23.2 Å². The molecule has 0 saturated heterocycles. The molecule has 0 radical (unpaired) electrons. The summed E-state index contributed by atoms with van der Waals surface area (Å²) in [5, 5.41) is 1.53. The molecule has 2 aliphatic rings. The summed E-state index contributed by atoms with van der Waals surface area (Å²) < 4.78 is 3.34. The van der Waals surface area contributed by atoms with Crippen molar-refractivity contribution in [2.45, 2.75) is 99.3 Å². The quantitative estimate of drug-likeness (QED) is 0.155. The van der Waals surface area contributed by atoms with Gasteiger partial charge in [-0.05, 0) is 17.4 Å². The van der Waals surface area contributed by atoms with E-state index in [1.165, 1.54) is 76.0 Å². The van der Waals surface area contributed by atoms with Crippen LogP contribution in [0.1, 0.15) is 104 Å². The van der Waals surface area contributed by atoms with Gasteiger partial charge in [-0.1, -0.05) is 138 Å². The van der Waals surface area contributed by atoms with Gasteiger partial charge in [0.1, 0.15) is 0 Å². The predicted molar refractivity (Wildman–Crippen MR) is 227 cm³/mol. The van der Waals surface area contributed by atoms with Gasteiger partial charge in [0.25, 0.3) is 0 Å². The Labute approximate surface area is 348 Å². The van der Waals surface area contributed by atoms with Crippen molar-refractivity contribution in [2.24, 2.45) is 11.3 Å². The van der Waals surface area contributed by atoms with Crippen LogP contribution in [0.5, 0.6) is 0 Å². The minimum atomic E-state index is 0. The summed E-state index contributed by atoms with van der Waals surface area (Å²) in [5.41, 5.74) is 10.5. The van der Waals surface area contributed by atoms with Crippen LogP contribution >= 0.6 is 48.0 Å². The molecule has 0 nitrogen and oxygen atoms in total. The summed E-state index contributed by atoms with van der Waals surface area (Å²) in [6.07, 6.45) is 11.5. The molecule has 0 bridgehead atoms. The van der Waals surface area contributed by atoms with Gasteiger partial charge in [0.2, 0.25) is 0 Å². The first-order valence-corrected chi connectivity index (χ1v) is 19.6. The monoisotopic (exact) mass is 838 g/mol. The fourth-order valence-corrected chi connectivity index (χ4v) is 5.42. The molecule has 1 unspecified atom stereocenters. The Morgan fingerprint density at radius 2 is 1.20 bits per heavy atom. The summed E-state index contributed by atoms with van der Waals surface area (Å²) >= 11 is 12.3. The number of allylic oxidation sites excluding steroid dienone is 4. The van der Waals surface area contributed by atoms with Crippen LogP contribution in [0.2, 0.25) is 10.0 Å². The van der Waals surface area contributed by atoms with E-state index in [9.17, 15) is 0 Å². The van der Waals surface area contributed by atoms with Gasteiger partial charge in [-0.2, -0.15) is 102 Å². The number of halogens is 4. The van der Waals surface area contributed by atoms with Crippen molar-refractivity contribution < 1.29 is 24.2 Å². The Hall–Kier alpha value is -1.73. The van der Waals surface area contributed by atoms with Crippen molar-refractivity contribution in [1.82, 2.24) is 0 Å². The molecule has 2 aliphatic carbocycles. The predicted octanol–water partition coefficient (Wildman–Crippen LogP) is 14.5. The second-order valence-corrected chi connectivity index (χ2v) is 16.2. The molecule has 6 rings (SSSR count). The second kappa shape index (κ2) is 23.1. The van der Waals surface area contributed by atoms with Crippen LogP contribution in [0.25, 0.3) is 11.1 Å². The topological polar surface area (TPSA) is 0 Å². The second-order valence-electron chi connectivity index (χ2n) is 15.3. The van der Waals surface area contributed by atoms with E-state index in [1.54, 1.807) is 48.5 Å². The van der Waals surface area contributed by atoms with Gasteiger partial charge >= 0.3 is 28.4 Å². The van der Waals surface area contributed by atoms with E-state index in [0.717, 1.165) is 16.5 Å². The third-order valence-corrected chi connectivity index (χ3v) is 8.68. The molecule has 0 spiro atoms. The molecule has 0 amide bonds. The van der Waals surface area contributed by atoms with Crippen LogP contribution in [0.3, 0.4) is 0 Å². The molecule has 4 aromatic rings. The molecule has 5 heteroatoms. The van der Waals surface area contributed by atoms with Crippen molar-refractivity contribution in [3.05, 3.63) is 153 Å². The number of benzene rings is 4. The Bertz CT molecular complexity index is 1540. The molecule has 0 aliphatic heterocycles. The third-order valence-electron chi connectivity index (χ3n) is 8.18. The van der Waals surface area contributed by atoms with Crippen LogP contribution in [-0.2, 0) is 41.5 Å². The Morgan fingerprint density at radius 3 is 1.59 bits per heavy atom. The molecule has 0 aromatic heterocycles. The van der Waals surface area contributed by atoms with Crippen LogP contribution in [-0.4, -0.2) is 4.21 Å². The van der Waals surface area contributed by atoms with Gasteiger partial charge < -0.3 is 0 Å². The van der Waals surface area contributed by atoms with Gasteiger partial charge in [0.15, 0.2) is 0 Å². The van der Waals surface area contributed by atoms with Crippen LogP contribution < -0.4 is 0 Å². The summed E-state index contributed by atoms with van der Waals surface area (Å²) in [6.45, 7) is 22.6. The summed E-state index contributed by atoms with van der Waals surface area (Å²) in [7, 11) is 0. The Morgan fingerprint density at radius 1 is 0.706 bits per heavy atom. The Kier molecular flexibility index (Phi) is 22.4. The maximum absolute atomic E-state index is 5.52. The first-order valence-electron chi connectivity index (χ1n) is 17.1. The number of hydrogen-bond donors (Lipinski definition) is 0. The van der Waals surface area contributed by atoms with E-state index >= 15 is 0 Å². The molecule has 0 N–H and O–H groups in total. The van der Waals surface area contributed by atoms with E-state index in [2.05, 4.69) is 140 Å². The first-order chi connectivity index (χ1) is 23.0. The molecular formula is C46H56Cl4Zr-4. The van der Waals surface area contributed by atoms with Crippen molar-refractivity contribution in [2.75, 3.05) is 0 Å². The van der Waals surface area contributed by atoms with Crippen molar-refractivity contribution >= 4 is 52.2 Å². The summed E-state index contributed by atoms with van der Waals surface area (Å²) in [5.74, 6) is 0.587. The third kappa shape index (κ3) is 16.9. The van der Waals surface area contributed by atoms with E-state index in [1.807, 2.05) is 0 Å². The normalized spacial score (nSPS) is 13.6. The average molecular weight is 842 g/mol. The molecule has 1 atom stereocenters. The summed E-state index contributed by atoms with van der Waals surface area (Å²) in [6, 6.07) is 35.1. The molecular weight excluding hydrogens is 786 g/mol. The fourth-order valence-electron chi connectivity index (χ4n) is 5.17. The summed E-state index contributed by atoms with van der Waals surface area (Å²) in [4.78, 5) is 0. The van der Waals surface area contributed by atoms with E-state index in [0.29, 0.717) is 11.3 Å². The van der Waals surface area contributed by atoms with Crippen molar-refractivity contribution in [1.29, 1.82) is 0 Å². The van der Waals surface area contributed by atoms with Crippen LogP contribution in [0, 0.1) is 35.6 Å². The van der Waals surface area contributed by atoms with Crippen LogP contribution in [0.15, 0.2) is 96.6 Å². The number of fused-ring (bicyclic) bond motifs is 3. The van der Waals surface area contributed by atoms with Crippen LogP contribution in [0.4, 0.5) is 0 Å². The Balaban J connectivity index is 0.000000706. The fraction of sp³-hybridized carbons (Fsp3) is 0.370. The number of hydrogen-bond acceptors (Lipinski definition) is 0.